The van der Waals surface area contributed by atoms with E-state index in [2.05, 4.69) is 0 Å². The van der Waals surface area contributed by atoms with Crippen molar-refractivity contribution in [2.75, 3.05) is 0 Å². The molecule has 0 radical (unpaired) electrons. The average Bonchev–Trinajstić information content (AvgIpc) is 2.43. The largest absolute Gasteiger partial charge is 0.459 e. The average molecular weight is 373 g/mol. The number of benzene rings is 1. The summed E-state index contributed by atoms with van der Waals surface area (Å²) in [5, 5.41) is -0.0682. The summed E-state index contributed by atoms with van der Waals surface area (Å²) in [6.45, 7) is 0. The molecule has 11 heteroatoms. The third-order valence-electron chi connectivity index (χ3n) is 3.15. The molecule has 2 aromatic rings. The molecule has 24 heavy (non-hydrogen) atoms. The maximum atomic E-state index is 13.8. The van der Waals surface area contributed by atoms with Crippen LogP contribution in [0, 0.1) is 5.82 Å². The van der Waals surface area contributed by atoms with Crippen molar-refractivity contribution in [1.29, 1.82) is 0 Å². The predicted molar refractivity (Wildman–Crippen MR) is 72.2 cm³/mol. The highest BCUT2D eigenvalue weighted by Crippen LogP contribution is 2.42. The van der Waals surface area contributed by atoms with Crippen LogP contribution in [0.15, 0.2) is 33.9 Å². The van der Waals surface area contributed by atoms with Crippen molar-refractivity contribution in [1.82, 2.24) is 9.13 Å². The second-order valence-electron chi connectivity index (χ2n) is 4.71. The minimum absolute atomic E-state index is 0.0665. The van der Waals surface area contributed by atoms with Crippen LogP contribution in [-0.4, -0.2) is 15.3 Å². The van der Waals surface area contributed by atoms with Crippen LogP contribution in [0.4, 0.5) is 26.3 Å². The minimum atomic E-state index is -6.01. The molecule has 0 saturated heterocycles. The van der Waals surface area contributed by atoms with Crippen LogP contribution < -0.4 is 11.2 Å². The lowest BCUT2D eigenvalue weighted by Gasteiger charge is -2.22. The second kappa shape index (κ2) is 5.69. The van der Waals surface area contributed by atoms with Crippen molar-refractivity contribution >= 4 is 11.6 Å². The van der Waals surface area contributed by atoms with Gasteiger partial charge >= 0.3 is 17.8 Å². The monoisotopic (exact) mass is 372 g/mol. The molecule has 0 spiro atoms. The molecular weight excluding hydrogens is 366 g/mol. The molecule has 0 atom stereocenters. The first-order valence-corrected chi connectivity index (χ1v) is 6.49. The fourth-order valence-corrected chi connectivity index (χ4v) is 2.12. The van der Waals surface area contributed by atoms with Crippen LogP contribution in [0.25, 0.3) is 5.69 Å². The SMILES string of the molecule is Cn1c(C(F)(F)C(F)(F)F)cc(=O)n(-c2ccc(Cl)cc2F)c1=O. The van der Waals surface area contributed by atoms with E-state index >= 15 is 0 Å². The molecule has 1 heterocycles. The van der Waals surface area contributed by atoms with Gasteiger partial charge < -0.3 is 0 Å². The lowest BCUT2D eigenvalue weighted by Crippen LogP contribution is -2.45. The van der Waals surface area contributed by atoms with Gasteiger partial charge in [0, 0.05) is 18.1 Å². The number of alkyl halides is 5. The van der Waals surface area contributed by atoms with E-state index in [4.69, 9.17) is 11.6 Å². The smallest absolute Gasteiger partial charge is 0.294 e. The Morgan fingerprint density at radius 1 is 1.04 bits per heavy atom. The number of aromatic nitrogens is 2. The first-order valence-electron chi connectivity index (χ1n) is 6.11. The standard InChI is InChI=1S/C13H7ClF6N2O2/c1-21-9(12(16,17)13(18,19)20)5-10(23)22(11(21)24)8-3-2-6(14)4-7(8)15/h2-5H,1H3. The molecule has 0 N–H and O–H groups in total. The van der Waals surface area contributed by atoms with Crippen molar-refractivity contribution < 1.29 is 26.3 Å². The molecule has 1 aromatic carbocycles. The molecule has 0 bridgehead atoms. The molecular formula is C13H7ClF6N2O2. The summed E-state index contributed by atoms with van der Waals surface area (Å²) in [4.78, 5) is 23.9. The quantitative estimate of drug-likeness (QED) is 0.761. The Hall–Kier alpha value is -2.23. The Bertz CT molecular complexity index is 916. The summed E-state index contributed by atoms with van der Waals surface area (Å²) in [5.41, 5.74) is -5.59. The van der Waals surface area contributed by atoms with Gasteiger partial charge in [-0.1, -0.05) is 11.6 Å². The van der Waals surface area contributed by atoms with Crippen LogP contribution in [0.5, 0.6) is 0 Å². The van der Waals surface area contributed by atoms with E-state index in [9.17, 15) is 35.9 Å². The van der Waals surface area contributed by atoms with Gasteiger partial charge in [0.05, 0.1) is 5.69 Å². The summed E-state index contributed by atoms with van der Waals surface area (Å²) in [7, 11) is 0.612. The second-order valence-corrected chi connectivity index (χ2v) is 5.15. The van der Waals surface area contributed by atoms with Gasteiger partial charge in [-0.25, -0.2) is 13.8 Å². The molecule has 0 aliphatic carbocycles. The molecule has 1 aromatic heterocycles. The Balaban J connectivity index is 2.80. The summed E-state index contributed by atoms with van der Waals surface area (Å²) >= 11 is 5.52. The van der Waals surface area contributed by atoms with Gasteiger partial charge in [-0.15, -0.1) is 0 Å². The van der Waals surface area contributed by atoms with Gasteiger partial charge in [-0.2, -0.15) is 22.0 Å². The van der Waals surface area contributed by atoms with Crippen molar-refractivity contribution in [3.05, 3.63) is 61.6 Å². The third-order valence-corrected chi connectivity index (χ3v) is 3.38. The number of rotatable bonds is 2. The lowest BCUT2D eigenvalue weighted by molar-refractivity contribution is -0.292. The van der Waals surface area contributed by atoms with E-state index in [1.54, 1.807) is 0 Å². The zero-order chi connectivity index (χ0) is 18.4. The molecule has 130 valence electrons. The van der Waals surface area contributed by atoms with Gasteiger partial charge in [-0.3, -0.25) is 9.36 Å². The van der Waals surface area contributed by atoms with Crippen molar-refractivity contribution in [2.24, 2.45) is 7.05 Å². The van der Waals surface area contributed by atoms with Crippen molar-refractivity contribution in [3.8, 4) is 5.69 Å². The number of hydrogen-bond donors (Lipinski definition) is 0. The number of hydrogen-bond acceptors (Lipinski definition) is 2. The highest BCUT2D eigenvalue weighted by atomic mass is 35.5. The van der Waals surface area contributed by atoms with Gasteiger partial charge in [-0.05, 0) is 18.2 Å². The summed E-state index contributed by atoms with van der Waals surface area (Å²) in [6.07, 6.45) is -6.01. The van der Waals surface area contributed by atoms with Crippen molar-refractivity contribution in [2.45, 2.75) is 12.1 Å². The fraction of sp³-hybridized carbons (Fsp3) is 0.231. The van der Waals surface area contributed by atoms with E-state index in [1.807, 2.05) is 0 Å². The zero-order valence-electron chi connectivity index (χ0n) is 11.7. The third kappa shape index (κ3) is 2.81. The molecule has 4 nitrogen and oxygen atoms in total. The van der Waals surface area contributed by atoms with Crippen LogP contribution >= 0.6 is 11.6 Å². The topological polar surface area (TPSA) is 44.0 Å². The van der Waals surface area contributed by atoms with E-state index in [0.717, 1.165) is 18.2 Å². The molecule has 0 amide bonds. The molecule has 0 saturated carbocycles. The summed E-state index contributed by atoms with van der Waals surface area (Å²) in [6, 6.07) is 2.72. The maximum absolute atomic E-state index is 13.8. The Morgan fingerprint density at radius 2 is 1.62 bits per heavy atom. The number of nitrogens with zero attached hydrogens (tertiary/aromatic N) is 2. The molecule has 0 unspecified atom stereocenters. The van der Waals surface area contributed by atoms with Crippen LogP contribution in [0.3, 0.4) is 0 Å². The fourth-order valence-electron chi connectivity index (χ4n) is 1.96. The molecule has 0 aliphatic heterocycles. The number of halogens is 7. The van der Waals surface area contributed by atoms with E-state index < -0.39 is 40.5 Å². The maximum Gasteiger partial charge on any atom is 0.459 e. The van der Waals surface area contributed by atoms with Crippen LogP contribution in [0.1, 0.15) is 5.69 Å². The molecule has 0 fully saturated rings. The summed E-state index contributed by atoms with van der Waals surface area (Å²) in [5.74, 6) is -6.56. The Kier molecular flexibility index (Phi) is 4.29. The van der Waals surface area contributed by atoms with E-state index in [1.165, 1.54) is 0 Å². The molecule has 2 rings (SSSR count). The minimum Gasteiger partial charge on any atom is -0.294 e. The van der Waals surface area contributed by atoms with Gasteiger partial charge in [0.2, 0.25) is 0 Å². The Labute approximate surface area is 134 Å². The zero-order valence-corrected chi connectivity index (χ0v) is 12.4. The van der Waals surface area contributed by atoms with Gasteiger partial charge in [0.15, 0.2) is 0 Å². The highest BCUT2D eigenvalue weighted by molar-refractivity contribution is 6.30. The van der Waals surface area contributed by atoms with E-state index in [-0.39, 0.29) is 20.2 Å². The molecule has 0 aliphatic rings. The van der Waals surface area contributed by atoms with Gasteiger partial charge in [0.25, 0.3) is 5.56 Å². The van der Waals surface area contributed by atoms with Crippen LogP contribution in [-0.2, 0) is 13.0 Å². The normalized spacial score (nSPS) is 12.5. The lowest BCUT2D eigenvalue weighted by atomic mass is 10.2. The van der Waals surface area contributed by atoms with Crippen LogP contribution in [0.2, 0.25) is 5.02 Å². The van der Waals surface area contributed by atoms with Gasteiger partial charge in [0.1, 0.15) is 11.5 Å². The summed E-state index contributed by atoms with van der Waals surface area (Å²) < 4.78 is 78.1. The van der Waals surface area contributed by atoms with Crippen molar-refractivity contribution in [3.63, 3.8) is 0 Å². The first kappa shape index (κ1) is 18.1. The Morgan fingerprint density at radius 3 is 2.12 bits per heavy atom. The predicted octanol–water partition coefficient (Wildman–Crippen LogP) is 2.98. The van der Waals surface area contributed by atoms with E-state index in [0.29, 0.717) is 7.05 Å². The first-order chi connectivity index (χ1) is 10.9. The highest BCUT2D eigenvalue weighted by Gasteiger charge is 2.60.